The molecule has 1 aromatic rings. The number of carbonyl (C=O) groups is 1. The van der Waals surface area contributed by atoms with Crippen molar-refractivity contribution in [2.24, 2.45) is 0 Å². The molecule has 1 saturated heterocycles. The Kier molecular flexibility index (Phi) is 4.45. The van der Waals surface area contributed by atoms with Crippen LogP contribution in [0.2, 0.25) is 0 Å². The van der Waals surface area contributed by atoms with Crippen molar-refractivity contribution < 1.29 is 14.6 Å². The number of nitrogens with one attached hydrogen (secondary N) is 1. The Bertz CT molecular complexity index is 470. The van der Waals surface area contributed by atoms with E-state index < -0.39 is 5.97 Å². The molecular weight excluding hydrogens is 258 g/mol. The van der Waals surface area contributed by atoms with E-state index in [4.69, 9.17) is 9.84 Å². The normalized spacial score (nSPS) is 22.1. The Morgan fingerprint density at radius 3 is 3.00 bits per heavy atom. The Morgan fingerprint density at radius 1 is 1.65 bits per heavy atom. The minimum absolute atomic E-state index is 0.109. The van der Waals surface area contributed by atoms with E-state index in [9.17, 15) is 4.79 Å². The highest BCUT2D eigenvalue weighted by Crippen LogP contribution is 2.28. The van der Waals surface area contributed by atoms with Crippen LogP contribution in [-0.2, 0) is 11.3 Å². The molecule has 20 heavy (non-hydrogen) atoms. The number of hydrogen-bond donors (Lipinski definition) is 2. The lowest BCUT2D eigenvalue weighted by atomic mass is 9.92. The molecule has 2 N–H and O–H groups in total. The van der Waals surface area contributed by atoms with Gasteiger partial charge in [-0.2, -0.15) is 5.10 Å². The average molecular weight is 281 g/mol. The van der Waals surface area contributed by atoms with Crippen LogP contribution < -0.4 is 0 Å². The van der Waals surface area contributed by atoms with Gasteiger partial charge in [0, 0.05) is 24.8 Å². The molecule has 0 bridgehead atoms. The summed E-state index contributed by atoms with van der Waals surface area (Å²) in [5.41, 5.74) is 0.820. The maximum absolute atomic E-state index is 11.1. The molecule has 0 spiro atoms. The molecule has 6 heteroatoms. The smallest absolute Gasteiger partial charge is 0.354 e. The van der Waals surface area contributed by atoms with Crippen LogP contribution in [0.15, 0.2) is 6.20 Å². The number of ether oxygens (including phenoxy) is 1. The first-order valence-electron chi connectivity index (χ1n) is 7.06. The largest absolute Gasteiger partial charge is 0.477 e. The number of nitrogens with zero attached hydrogens (tertiary/aromatic N) is 2. The predicted octanol–water partition coefficient (Wildman–Crippen LogP) is 1.89. The summed E-state index contributed by atoms with van der Waals surface area (Å²) in [5.74, 6) is -0.958. The number of aromatic carboxylic acids is 1. The van der Waals surface area contributed by atoms with E-state index >= 15 is 0 Å². The molecule has 0 aromatic carbocycles. The van der Waals surface area contributed by atoms with Gasteiger partial charge in [0.05, 0.1) is 11.8 Å². The number of hydrogen-bond acceptors (Lipinski definition) is 4. The first-order chi connectivity index (χ1) is 9.43. The maximum atomic E-state index is 11.1. The molecule has 1 atom stereocenters. The number of aromatic amines is 1. The van der Waals surface area contributed by atoms with Crippen LogP contribution in [0, 0.1) is 0 Å². The van der Waals surface area contributed by atoms with Gasteiger partial charge in [0.25, 0.3) is 0 Å². The van der Waals surface area contributed by atoms with E-state index in [0.29, 0.717) is 12.6 Å². The first kappa shape index (κ1) is 15.0. The molecule has 0 saturated carbocycles. The maximum Gasteiger partial charge on any atom is 0.354 e. The highest BCUT2D eigenvalue weighted by atomic mass is 16.5. The monoisotopic (exact) mass is 281 g/mol. The van der Waals surface area contributed by atoms with Gasteiger partial charge in [-0.3, -0.25) is 10.00 Å². The zero-order valence-electron chi connectivity index (χ0n) is 12.3. The van der Waals surface area contributed by atoms with Crippen molar-refractivity contribution >= 4 is 5.97 Å². The molecule has 2 heterocycles. The van der Waals surface area contributed by atoms with Gasteiger partial charge in [-0.15, -0.1) is 0 Å². The van der Waals surface area contributed by atoms with Gasteiger partial charge in [-0.25, -0.2) is 4.79 Å². The van der Waals surface area contributed by atoms with Crippen molar-refractivity contribution in [2.45, 2.75) is 51.8 Å². The molecule has 0 radical (unpaired) electrons. The summed E-state index contributed by atoms with van der Waals surface area (Å²) in [6.45, 7) is 8.55. The summed E-state index contributed by atoms with van der Waals surface area (Å²) in [7, 11) is 0. The Labute approximate surface area is 119 Å². The molecule has 2 rings (SSSR count). The summed E-state index contributed by atoms with van der Waals surface area (Å²) in [5, 5.41) is 15.5. The van der Waals surface area contributed by atoms with E-state index in [-0.39, 0.29) is 11.3 Å². The summed E-state index contributed by atoms with van der Waals surface area (Å²) < 4.78 is 5.75. The van der Waals surface area contributed by atoms with E-state index in [1.54, 1.807) is 6.20 Å². The first-order valence-corrected chi connectivity index (χ1v) is 7.06. The van der Waals surface area contributed by atoms with Gasteiger partial charge in [-0.05, 0) is 33.2 Å². The van der Waals surface area contributed by atoms with E-state index in [2.05, 4.69) is 35.9 Å². The van der Waals surface area contributed by atoms with Crippen molar-refractivity contribution in [2.75, 3.05) is 13.2 Å². The van der Waals surface area contributed by atoms with Gasteiger partial charge in [-0.1, -0.05) is 6.92 Å². The van der Waals surface area contributed by atoms with E-state index in [1.807, 2.05) is 0 Å². The molecule has 1 fully saturated rings. The van der Waals surface area contributed by atoms with Crippen molar-refractivity contribution in [3.8, 4) is 0 Å². The van der Waals surface area contributed by atoms with Gasteiger partial charge in [0.2, 0.25) is 0 Å². The third-order valence-electron chi connectivity index (χ3n) is 3.90. The molecule has 0 amide bonds. The van der Waals surface area contributed by atoms with Crippen molar-refractivity contribution in [3.05, 3.63) is 17.5 Å². The van der Waals surface area contributed by atoms with Crippen molar-refractivity contribution in [1.82, 2.24) is 15.1 Å². The standard InChI is InChI=1S/C14H23N3O3/c1-4-17(11-5-6-20-14(2,3)7-11)9-10-8-15-16-12(10)13(18)19/h8,11H,4-7,9H2,1-3H3,(H,15,16)(H,18,19)/t11-/m1/s1. The van der Waals surface area contributed by atoms with Crippen LogP contribution in [-0.4, -0.2) is 51.0 Å². The van der Waals surface area contributed by atoms with Gasteiger partial charge in [0.1, 0.15) is 5.69 Å². The summed E-state index contributed by atoms with van der Waals surface area (Å²) in [6, 6.07) is 0.417. The molecule has 1 aliphatic heterocycles. The van der Waals surface area contributed by atoms with E-state index in [1.165, 1.54) is 0 Å². The molecule has 6 nitrogen and oxygen atoms in total. The number of rotatable bonds is 5. The topological polar surface area (TPSA) is 78.5 Å². The zero-order valence-corrected chi connectivity index (χ0v) is 12.3. The fraction of sp³-hybridized carbons (Fsp3) is 0.714. The number of aromatic nitrogens is 2. The lowest BCUT2D eigenvalue weighted by Gasteiger charge is -2.41. The summed E-state index contributed by atoms with van der Waals surface area (Å²) in [4.78, 5) is 13.4. The second-order valence-electron chi connectivity index (χ2n) is 5.89. The zero-order chi connectivity index (χ0) is 14.8. The van der Waals surface area contributed by atoms with Crippen LogP contribution >= 0.6 is 0 Å². The van der Waals surface area contributed by atoms with E-state index in [0.717, 1.165) is 31.6 Å². The van der Waals surface area contributed by atoms with Crippen molar-refractivity contribution in [3.63, 3.8) is 0 Å². The number of carboxylic acids is 1. The van der Waals surface area contributed by atoms with Gasteiger partial charge >= 0.3 is 5.97 Å². The lowest BCUT2D eigenvalue weighted by molar-refractivity contribution is -0.0839. The Hall–Kier alpha value is -1.40. The molecule has 1 aromatic heterocycles. The number of carboxylic acid groups (broad SMARTS) is 1. The summed E-state index contributed by atoms with van der Waals surface area (Å²) >= 11 is 0. The minimum atomic E-state index is -0.958. The summed E-state index contributed by atoms with van der Waals surface area (Å²) in [6.07, 6.45) is 3.55. The molecule has 0 aliphatic carbocycles. The second kappa shape index (κ2) is 5.93. The molecular formula is C14H23N3O3. The third-order valence-corrected chi connectivity index (χ3v) is 3.90. The number of H-pyrrole nitrogens is 1. The lowest BCUT2D eigenvalue weighted by Crippen LogP contribution is -2.45. The van der Waals surface area contributed by atoms with Gasteiger partial charge in [0.15, 0.2) is 0 Å². The van der Waals surface area contributed by atoms with Crippen LogP contribution in [0.3, 0.4) is 0 Å². The third kappa shape index (κ3) is 3.37. The highest BCUT2D eigenvalue weighted by Gasteiger charge is 2.32. The van der Waals surface area contributed by atoms with Crippen LogP contribution in [0.25, 0.3) is 0 Å². The Balaban J connectivity index is 2.09. The fourth-order valence-electron chi connectivity index (χ4n) is 2.85. The van der Waals surface area contributed by atoms with Crippen LogP contribution in [0.5, 0.6) is 0 Å². The van der Waals surface area contributed by atoms with Gasteiger partial charge < -0.3 is 9.84 Å². The Morgan fingerprint density at radius 2 is 2.40 bits per heavy atom. The molecule has 1 aliphatic rings. The second-order valence-corrected chi connectivity index (χ2v) is 5.89. The average Bonchev–Trinajstić information content (AvgIpc) is 2.82. The predicted molar refractivity (Wildman–Crippen MR) is 74.7 cm³/mol. The molecule has 0 unspecified atom stereocenters. The molecule has 112 valence electrons. The van der Waals surface area contributed by atoms with Crippen molar-refractivity contribution in [1.29, 1.82) is 0 Å². The SMILES string of the molecule is CCN(Cc1cn[nH]c1C(=O)O)[C@@H]1CCOC(C)(C)C1. The highest BCUT2D eigenvalue weighted by molar-refractivity contribution is 5.86. The quantitative estimate of drug-likeness (QED) is 0.861. The minimum Gasteiger partial charge on any atom is -0.477 e. The van der Waals surface area contributed by atoms with Crippen LogP contribution in [0.4, 0.5) is 0 Å². The fourth-order valence-corrected chi connectivity index (χ4v) is 2.85. The van der Waals surface area contributed by atoms with Crippen LogP contribution in [0.1, 0.15) is 49.7 Å².